The van der Waals surface area contributed by atoms with Crippen molar-refractivity contribution in [2.75, 3.05) is 33.4 Å². The van der Waals surface area contributed by atoms with Crippen LogP contribution in [0.15, 0.2) is 42.6 Å². The van der Waals surface area contributed by atoms with Crippen LogP contribution in [0, 0.1) is 22.9 Å². The fourth-order valence-corrected chi connectivity index (χ4v) is 4.87. The van der Waals surface area contributed by atoms with E-state index in [1.54, 1.807) is 25.3 Å². The number of rotatable bonds is 10. The van der Waals surface area contributed by atoms with Crippen LogP contribution in [0.5, 0.6) is 11.5 Å². The van der Waals surface area contributed by atoms with Gasteiger partial charge in [0.15, 0.2) is 0 Å². The molecule has 1 N–H and O–H groups in total. The molecule has 0 saturated carbocycles. The van der Waals surface area contributed by atoms with Crippen LogP contribution in [0.3, 0.4) is 0 Å². The lowest BCUT2D eigenvalue weighted by Gasteiger charge is -2.39. The van der Waals surface area contributed by atoms with Crippen molar-refractivity contribution in [1.29, 1.82) is 0 Å². The third-order valence-electron chi connectivity index (χ3n) is 7.00. The molecule has 0 unspecified atom stereocenters. The zero-order chi connectivity index (χ0) is 25.7. The second-order valence-electron chi connectivity index (χ2n) is 9.20. The van der Waals surface area contributed by atoms with E-state index in [9.17, 15) is 23.1 Å². The molecule has 1 saturated heterocycles. The highest BCUT2D eigenvalue weighted by atomic mass is 19.1. The fraction of sp³-hybridized carbons (Fsp3) is 0.407. The largest absolute Gasteiger partial charge is 0.497 e. The van der Waals surface area contributed by atoms with Crippen LogP contribution in [0.4, 0.5) is 13.2 Å². The number of ether oxygens (including phenoxy) is 2. The van der Waals surface area contributed by atoms with E-state index in [-0.39, 0.29) is 12.4 Å². The predicted molar refractivity (Wildman–Crippen MR) is 129 cm³/mol. The van der Waals surface area contributed by atoms with Gasteiger partial charge in [-0.1, -0.05) is 0 Å². The van der Waals surface area contributed by atoms with Gasteiger partial charge in [0.1, 0.15) is 35.6 Å². The van der Waals surface area contributed by atoms with E-state index in [0.29, 0.717) is 74.0 Å². The number of halogens is 3. The van der Waals surface area contributed by atoms with Crippen molar-refractivity contribution in [3.63, 3.8) is 0 Å². The maximum Gasteiger partial charge on any atom is 0.309 e. The second kappa shape index (κ2) is 11.2. The molecule has 0 spiro atoms. The Balaban J connectivity index is 1.33. The van der Waals surface area contributed by atoms with E-state index in [1.165, 1.54) is 6.20 Å². The zero-order valence-corrected chi connectivity index (χ0v) is 20.1. The number of aryl methyl sites for hydroxylation is 1. The molecule has 0 aliphatic carbocycles. The molecule has 3 aromatic rings. The Morgan fingerprint density at radius 3 is 2.47 bits per heavy atom. The number of likely N-dealkylation sites (tertiary alicyclic amines) is 1. The molecule has 0 amide bonds. The molecule has 0 atom stereocenters. The summed E-state index contributed by atoms with van der Waals surface area (Å²) in [6.45, 7) is 1.89. The third kappa shape index (κ3) is 5.90. The van der Waals surface area contributed by atoms with Crippen molar-refractivity contribution in [2.24, 2.45) is 5.41 Å². The van der Waals surface area contributed by atoms with Crippen molar-refractivity contribution >= 4 is 16.9 Å². The topological polar surface area (TPSA) is 71.9 Å². The smallest absolute Gasteiger partial charge is 0.309 e. The van der Waals surface area contributed by atoms with Crippen LogP contribution in [0.25, 0.3) is 10.9 Å². The van der Waals surface area contributed by atoms with Gasteiger partial charge in [0, 0.05) is 30.1 Å². The molecule has 0 bridgehead atoms. The number of benzene rings is 2. The summed E-state index contributed by atoms with van der Waals surface area (Å²) in [7, 11) is 1.55. The Kier molecular flexibility index (Phi) is 7.98. The van der Waals surface area contributed by atoms with Gasteiger partial charge < -0.3 is 14.6 Å². The van der Waals surface area contributed by atoms with Gasteiger partial charge in [-0.05, 0) is 69.0 Å². The number of piperidine rings is 1. The molecule has 1 aromatic heterocycles. The highest BCUT2D eigenvalue weighted by Crippen LogP contribution is 2.37. The van der Waals surface area contributed by atoms with Gasteiger partial charge in [-0.15, -0.1) is 0 Å². The quantitative estimate of drug-likeness (QED) is 0.410. The maximum absolute atomic E-state index is 14.6. The minimum Gasteiger partial charge on any atom is -0.497 e. The standard InChI is InChI=1S/C27H29F3N2O4/c1-35-20-4-5-25-23(16-20)22(24(30)17-31-25)3-2-6-27(26(33)34)7-9-32(10-8-27)11-12-36-21-14-18(28)13-19(29)15-21/h4-5,13-17H,2-3,6-12H2,1H3,(H,33,34). The van der Waals surface area contributed by atoms with E-state index >= 15 is 0 Å². The normalized spacial score (nSPS) is 15.7. The molecular weight excluding hydrogens is 473 g/mol. The summed E-state index contributed by atoms with van der Waals surface area (Å²) in [5, 5.41) is 10.7. The molecular formula is C27H29F3N2O4. The molecule has 6 nitrogen and oxygen atoms in total. The highest BCUT2D eigenvalue weighted by molar-refractivity contribution is 5.83. The molecule has 4 rings (SSSR count). The van der Waals surface area contributed by atoms with Crippen molar-refractivity contribution in [3.05, 3.63) is 65.6 Å². The van der Waals surface area contributed by atoms with E-state index in [0.717, 1.165) is 18.2 Å². The maximum atomic E-state index is 14.6. The van der Waals surface area contributed by atoms with Gasteiger partial charge in [-0.3, -0.25) is 14.7 Å². The van der Waals surface area contributed by atoms with Gasteiger partial charge in [-0.25, -0.2) is 13.2 Å². The van der Waals surface area contributed by atoms with Gasteiger partial charge in [0.2, 0.25) is 0 Å². The minimum absolute atomic E-state index is 0.123. The Morgan fingerprint density at radius 1 is 1.08 bits per heavy atom. The summed E-state index contributed by atoms with van der Waals surface area (Å²) in [6.07, 6.45) is 3.48. The predicted octanol–water partition coefficient (Wildman–Crippen LogP) is 5.23. The first-order chi connectivity index (χ1) is 17.3. The van der Waals surface area contributed by atoms with Crippen molar-refractivity contribution in [2.45, 2.75) is 32.1 Å². The van der Waals surface area contributed by atoms with Crippen LogP contribution in [0.1, 0.15) is 31.2 Å². The summed E-state index contributed by atoms with van der Waals surface area (Å²) in [5.74, 6) is -1.92. The summed E-state index contributed by atoms with van der Waals surface area (Å²) in [4.78, 5) is 18.5. The van der Waals surface area contributed by atoms with E-state index in [2.05, 4.69) is 9.88 Å². The van der Waals surface area contributed by atoms with E-state index < -0.39 is 28.8 Å². The van der Waals surface area contributed by atoms with Crippen LogP contribution < -0.4 is 9.47 Å². The van der Waals surface area contributed by atoms with Gasteiger partial charge in [-0.2, -0.15) is 0 Å². The Hall–Kier alpha value is -3.33. The molecule has 1 fully saturated rings. The molecule has 2 aromatic carbocycles. The number of fused-ring (bicyclic) bond motifs is 1. The lowest BCUT2D eigenvalue weighted by molar-refractivity contribution is -0.152. The van der Waals surface area contributed by atoms with Gasteiger partial charge in [0.05, 0.1) is 24.2 Å². The molecule has 2 heterocycles. The number of methoxy groups -OCH3 is 1. The number of carboxylic acids is 1. The number of aromatic nitrogens is 1. The highest BCUT2D eigenvalue weighted by Gasteiger charge is 2.40. The number of hydrogen-bond acceptors (Lipinski definition) is 5. The number of carboxylic acid groups (broad SMARTS) is 1. The molecule has 0 radical (unpaired) electrons. The van der Waals surface area contributed by atoms with Gasteiger partial charge >= 0.3 is 5.97 Å². The Labute approximate surface area is 207 Å². The molecule has 1 aliphatic heterocycles. The summed E-state index contributed by atoms with van der Waals surface area (Å²) in [5.41, 5.74) is 0.305. The average molecular weight is 503 g/mol. The lowest BCUT2D eigenvalue weighted by atomic mass is 9.74. The first-order valence-electron chi connectivity index (χ1n) is 12.0. The van der Waals surface area contributed by atoms with Crippen LogP contribution in [-0.2, 0) is 11.2 Å². The molecule has 9 heteroatoms. The number of aliphatic carboxylic acids is 1. The van der Waals surface area contributed by atoms with Crippen molar-refractivity contribution in [1.82, 2.24) is 9.88 Å². The minimum atomic E-state index is -0.875. The van der Waals surface area contributed by atoms with Crippen LogP contribution in [0.2, 0.25) is 0 Å². The van der Waals surface area contributed by atoms with Crippen molar-refractivity contribution < 1.29 is 32.5 Å². The summed E-state index contributed by atoms with van der Waals surface area (Å²) < 4.78 is 52.0. The monoisotopic (exact) mass is 502 g/mol. The first kappa shape index (κ1) is 25.8. The van der Waals surface area contributed by atoms with E-state index in [4.69, 9.17) is 9.47 Å². The number of pyridine rings is 1. The zero-order valence-electron chi connectivity index (χ0n) is 20.1. The van der Waals surface area contributed by atoms with Crippen LogP contribution in [-0.4, -0.2) is 54.3 Å². The second-order valence-corrected chi connectivity index (χ2v) is 9.20. The van der Waals surface area contributed by atoms with E-state index in [1.807, 2.05) is 0 Å². The van der Waals surface area contributed by atoms with Crippen LogP contribution >= 0.6 is 0 Å². The number of nitrogens with zero attached hydrogens (tertiary/aromatic N) is 2. The third-order valence-corrected chi connectivity index (χ3v) is 7.00. The molecule has 1 aliphatic rings. The molecule has 192 valence electrons. The SMILES string of the molecule is COc1ccc2ncc(F)c(CCCC3(C(=O)O)CCN(CCOc4cc(F)cc(F)c4)CC3)c2c1. The number of hydrogen-bond donors (Lipinski definition) is 1. The number of carbonyl (C=O) groups is 1. The fourth-order valence-electron chi connectivity index (χ4n) is 4.87. The summed E-state index contributed by atoms with van der Waals surface area (Å²) in [6, 6.07) is 8.34. The first-order valence-corrected chi connectivity index (χ1v) is 12.0. The average Bonchev–Trinajstić information content (AvgIpc) is 2.85. The Morgan fingerprint density at radius 2 is 1.81 bits per heavy atom. The molecule has 36 heavy (non-hydrogen) atoms. The Bertz CT molecular complexity index is 1210. The lowest BCUT2D eigenvalue weighted by Crippen LogP contribution is -2.45. The van der Waals surface area contributed by atoms with Crippen molar-refractivity contribution in [3.8, 4) is 11.5 Å². The summed E-state index contributed by atoms with van der Waals surface area (Å²) >= 11 is 0. The van der Waals surface area contributed by atoms with Gasteiger partial charge in [0.25, 0.3) is 0 Å².